The van der Waals surface area contributed by atoms with Crippen LogP contribution in [0.25, 0.3) is 0 Å². The molecule has 0 aromatic heterocycles. The van der Waals surface area contributed by atoms with E-state index >= 15 is 0 Å². The van der Waals surface area contributed by atoms with Crippen molar-refractivity contribution in [3.8, 4) is 0 Å². The van der Waals surface area contributed by atoms with Gasteiger partial charge in [0.1, 0.15) is 0 Å². The van der Waals surface area contributed by atoms with Gasteiger partial charge in [-0.15, -0.1) is 0 Å². The van der Waals surface area contributed by atoms with Crippen molar-refractivity contribution in [3.63, 3.8) is 0 Å². The fraction of sp³-hybridized carbons (Fsp3) is 0.391. The second-order valence-electron chi connectivity index (χ2n) is 7.71. The number of rotatable bonds is 5. The van der Waals surface area contributed by atoms with Crippen LogP contribution in [0.3, 0.4) is 0 Å². The van der Waals surface area contributed by atoms with Gasteiger partial charge in [0.15, 0.2) is 0 Å². The van der Waals surface area contributed by atoms with Crippen molar-refractivity contribution in [1.29, 1.82) is 0 Å². The molecule has 1 aliphatic rings. The number of likely N-dealkylation sites (tertiary alicyclic amines) is 1. The van der Waals surface area contributed by atoms with E-state index in [-0.39, 0.29) is 17.9 Å². The zero-order chi connectivity index (χ0) is 20.8. The van der Waals surface area contributed by atoms with Crippen LogP contribution < -0.4 is 15.5 Å². The molecule has 2 N–H and O–H groups in total. The summed E-state index contributed by atoms with van der Waals surface area (Å²) in [4.78, 5) is 28.5. The third-order valence-electron chi connectivity index (χ3n) is 5.45. The molecular formula is C23H30N4O2. The minimum absolute atomic E-state index is 0.0381. The minimum Gasteiger partial charge on any atom is -0.378 e. The number of nitrogens with zero attached hydrogens (tertiary/aromatic N) is 2. The molecule has 29 heavy (non-hydrogen) atoms. The van der Waals surface area contributed by atoms with E-state index in [9.17, 15) is 9.59 Å². The quantitative estimate of drug-likeness (QED) is 0.819. The Morgan fingerprint density at radius 2 is 1.90 bits per heavy atom. The Hall–Kier alpha value is -3.02. The fourth-order valence-corrected chi connectivity index (χ4v) is 3.72. The molecule has 0 bridgehead atoms. The lowest BCUT2D eigenvalue weighted by Crippen LogP contribution is -2.43. The van der Waals surface area contributed by atoms with Crippen molar-refractivity contribution < 1.29 is 9.59 Å². The van der Waals surface area contributed by atoms with Crippen LogP contribution in [0.2, 0.25) is 0 Å². The molecule has 2 aromatic rings. The molecule has 0 spiro atoms. The molecule has 0 unspecified atom stereocenters. The van der Waals surface area contributed by atoms with Crippen LogP contribution in [0.4, 0.5) is 10.5 Å². The Bertz CT molecular complexity index is 848. The van der Waals surface area contributed by atoms with Gasteiger partial charge in [-0.2, -0.15) is 0 Å². The van der Waals surface area contributed by atoms with E-state index in [0.29, 0.717) is 18.7 Å². The van der Waals surface area contributed by atoms with Crippen molar-refractivity contribution in [2.45, 2.75) is 25.3 Å². The number of hydrogen-bond acceptors (Lipinski definition) is 3. The first-order valence-corrected chi connectivity index (χ1v) is 10.1. The van der Waals surface area contributed by atoms with Gasteiger partial charge in [-0.25, -0.2) is 4.79 Å². The highest BCUT2D eigenvalue weighted by Crippen LogP contribution is 2.27. The highest BCUT2D eigenvalue weighted by atomic mass is 16.2. The van der Waals surface area contributed by atoms with Gasteiger partial charge in [-0.3, -0.25) is 4.79 Å². The number of piperidine rings is 1. The molecular weight excluding hydrogens is 364 g/mol. The highest BCUT2D eigenvalue weighted by molar-refractivity contribution is 5.94. The van der Waals surface area contributed by atoms with Crippen LogP contribution >= 0.6 is 0 Å². The number of urea groups is 1. The van der Waals surface area contributed by atoms with Crippen LogP contribution in [0.1, 0.15) is 40.2 Å². The number of anilines is 1. The molecule has 0 radical (unpaired) electrons. The summed E-state index contributed by atoms with van der Waals surface area (Å²) in [6, 6.07) is 15.9. The standard InChI is InChI=1S/C23H30N4O2/c1-24-23(29)27-13-5-8-20(16-27)18-6-4-7-19(14-18)22(28)25-15-17-9-11-21(12-10-17)26(2)3/h4,6-7,9-12,14,20H,5,8,13,15-16H2,1-3H3,(H,24,29)(H,25,28)/t20-/m1/s1. The summed E-state index contributed by atoms with van der Waals surface area (Å²) < 4.78 is 0. The topological polar surface area (TPSA) is 64.7 Å². The Kier molecular flexibility index (Phi) is 6.75. The van der Waals surface area contributed by atoms with Gasteiger partial charge in [0, 0.05) is 57.9 Å². The van der Waals surface area contributed by atoms with E-state index < -0.39 is 0 Å². The number of carbonyl (C=O) groups excluding carboxylic acids is 2. The van der Waals surface area contributed by atoms with Crippen LogP contribution in [0.5, 0.6) is 0 Å². The maximum Gasteiger partial charge on any atom is 0.317 e. The van der Waals surface area contributed by atoms with E-state index in [4.69, 9.17) is 0 Å². The van der Waals surface area contributed by atoms with Gasteiger partial charge in [0.2, 0.25) is 0 Å². The lowest BCUT2D eigenvalue weighted by atomic mass is 9.89. The largest absolute Gasteiger partial charge is 0.378 e. The fourth-order valence-electron chi connectivity index (χ4n) is 3.72. The van der Waals surface area contributed by atoms with Crippen molar-refractivity contribution in [3.05, 3.63) is 65.2 Å². The molecule has 3 amide bonds. The third kappa shape index (κ3) is 5.28. The van der Waals surface area contributed by atoms with Gasteiger partial charge >= 0.3 is 6.03 Å². The first kappa shape index (κ1) is 20.7. The van der Waals surface area contributed by atoms with Gasteiger partial charge in [-0.05, 0) is 48.2 Å². The number of benzene rings is 2. The van der Waals surface area contributed by atoms with Crippen LogP contribution in [-0.2, 0) is 6.54 Å². The summed E-state index contributed by atoms with van der Waals surface area (Å²) >= 11 is 0. The molecule has 6 nitrogen and oxygen atoms in total. The molecule has 1 saturated heterocycles. The average molecular weight is 395 g/mol. The molecule has 3 rings (SSSR count). The highest BCUT2D eigenvalue weighted by Gasteiger charge is 2.24. The van der Waals surface area contributed by atoms with Crippen molar-refractivity contribution in [2.75, 3.05) is 39.1 Å². The number of amides is 3. The molecule has 1 aliphatic heterocycles. The number of nitrogens with one attached hydrogen (secondary N) is 2. The summed E-state index contributed by atoms with van der Waals surface area (Å²) in [6.45, 7) is 1.95. The van der Waals surface area contributed by atoms with E-state index in [0.717, 1.165) is 36.2 Å². The molecule has 0 saturated carbocycles. The predicted octanol–water partition coefficient (Wildman–Crippen LogP) is 3.20. The maximum atomic E-state index is 12.7. The lowest BCUT2D eigenvalue weighted by Gasteiger charge is -2.32. The van der Waals surface area contributed by atoms with Crippen LogP contribution in [0.15, 0.2) is 48.5 Å². The van der Waals surface area contributed by atoms with Crippen LogP contribution in [-0.4, -0.2) is 51.1 Å². The summed E-state index contributed by atoms with van der Waals surface area (Å²) in [5.74, 6) is 0.176. The first-order valence-electron chi connectivity index (χ1n) is 10.1. The predicted molar refractivity (Wildman–Crippen MR) is 116 cm³/mol. The van der Waals surface area contributed by atoms with Crippen molar-refractivity contribution in [1.82, 2.24) is 15.5 Å². The average Bonchev–Trinajstić information content (AvgIpc) is 2.77. The first-order chi connectivity index (χ1) is 14.0. The summed E-state index contributed by atoms with van der Waals surface area (Å²) in [5.41, 5.74) is 3.96. The van der Waals surface area contributed by atoms with Crippen molar-refractivity contribution in [2.24, 2.45) is 0 Å². The van der Waals surface area contributed by atoms with Gasteiger partial charge in [-0.1, -0.05) is 24.3 Å². The van der Waals surface area contributed by atoms with Crippen molar-refractivity contribution >= 4 is 17.6 Å². The molecule has 1 heterocycles. The van der Waals surface area contributed by atoms with E-state index in [1.54, 1.807) is 7.05 Å². The number of hydrogen-bond donors (Lipinski definition) is 2. The maximum absolute atomic E-state index is 12.7. The molecule has 0 aliphatic carbocycles. The summed E-state index contributed by atoms with van der Waals surface area (Å²) in [5, 5.41) is 5.70. The summed E-state index contributed by atoms with van der Waals surface area (Å²) in [7, 11) is 5.67. The van der Waals surface area contributed by atoms with Gasteiger partial charge in [0.05, 0.1) is 0 Å². The second-order valence-corrected chi connectivity index (χ2v) is 7.71. The molecule has 1 fully saturated rings. The van der Waals surface area contributed by atoms with E-state index in [2.05, 4.69) is 16.7 Å². The Morgan fingerprint density at radius 1 is 1.14 bits per heavy atom. The van der Waals surface area contributed by atoms with E-state index in [1.165, 1.54) is 0 Å². The zero-order valence-corrected chi connectivity index (χ0v) is 17.4. The number of carbonyl (C=O) groups is 2. The molecule has 2 aromatic carbocycles. The smallest absolute Gasteiger partial charge is 0.317 e. The molecule has 6 heteroatoms. The van der Waals surface area contributed by atoms with Gasteiger partial charge < -0.3 is 20.4 Å². The van der Waals surface area contributed by atoms with Crippen LogP contribution in [0, 0.1) is 0 Å². The lowest BCUT2D eigenvalue weighted by molar-refractivity contribution is 0.0950. The Balaban J connectivity index is 1.62. The Morgan fingerprint density at radius 3 is 2.59 bits per heavy atom. The summed E-state index contributed by atoms with van der Waals surface area (Å²) in [6.07, 6.45) is 1.99. The Labute approximate surface area is 172 Å². The normalized spacial score (nSPS) is 16.2. The van der Waals surface area contributed by atoms with Gasteiger partial charge in [0.25, 0.3) is 5.91 Å². The third-order valence-corrected chi connectivity index (χ3v) is 5.45. The monoisotopic (exact) mass is 394 g/mol. The van der Waals surface area contributed by atoms with E-state index in [1.807, 2.05) is 66.4 Å². The molecule has 154 valence electrons. The SMILES string of the molecule is CNC(=O)N1CCC[C@@H](c2cccc(C(=O)NCc3ccc(N(C)C)cc3)c2)C1. The zero-order valence-electron chi connectivity index (χ0n) is 17.4. The second kappa shape index (κ2) is 9.45. The molecule has 1 atom stereocenters. The minimum atomic E-state index is -0.0810.